The third kappa shape index (κ3) is 5.66. The lowest BCUT2D eigenvalue weighted by molar-refractivity contribution is 0.110. The number of hydrogen-bond donors (Lipinski definition) is 0. The molecule has 17 heavy (non-hydrogen) atoms. The van der Waals surface area contributed by atoms with Gasteiger partial charge in [-0.15, -0.1) is 0 Å². The van der Waals surface area contributed by atoms with Crippen molar-refractivity contribution in [1.82, 2.24) is 4.90 Å². The van der Waals surface area contributed by atoms with Crippen LogP contribution < -0.4 is 0 Å². The molecule has 2 nitrogen and oxygen atoms in total. The van der Waals surface area contributed by atoms with Gasteiger partial charge < -0.3 is 4.74 Å². The number of benzene rings is 1. The first-order chi connectivity index (χ1) is 8.26. The van der Waals surface area contributed by atoms with E-state index in [4.69, 9.17) is 4.74 Å². The Morgan fingerprint density at radius 1 is 1.24 bits per heavy atom. The Morgan fingerprint density at radius 2 is 1.94 bits per heavy atom. The Hall–Kier alpha value is -1.12. The van der Waals surface area contributed by atoms with E-state index < -0.39 is 0 Å². The Morgan fingerprint density at radius 3 is 2.53 bits per heavy atom. The highest BCUT2D eigenvalue weighted by Crippen LogP contribution is 2.07. The second-order valence-corrected chi connectivity index (χ2v) is 4.30. The molecule has 0 heterocycles. The molecular formula is C15H23NO. The molecule has 0 saturated heterocycles. The van der Waals surface area contributed by atoms with Crippen molar-refractivity contribution in [2.24, 2.45) is 0 Å². The Balaban J connectivity index is 2.29. The van der Waals surface area contributed by atoms with Gasteiger partial charge in [-0.2, -0.15) is 0 Å². The lowest BCUT2D eigenvalue weighted by Gasteiger charge is -2.16. The maximum absolute atomic E-state index is 5.47. The van der Waals surface area contributed by atoms with Crippen LogP contribution in [0.3, 0.4) is 0 Å². The fourth-order valence-corrected chi connectivity index (χ4v) is 1.62. The summed E-state index contributed by atoms with van der Waals surface area (Å²) in [4.78, 5) is 2.28. The molecule has 0 N–H and O–H groups in total. The van der Waals surface area contributed by atoms with Gasteiger partial charge in [-0.3, -0.25) is 4.90 Å². The lowest BCUT2D eigenvalue weighted by atomic mass is 10.1. The molecule has 0 aliphatic rings. The first-order valence-electron chi connectivity index (χ1n) is 6.24. The molecule has 0 radical (unpaired) electrons. The summed E-state index contributed by atoms with van der Waals surface area (Å²) in [6, 6.07) is 8.51. The quantitative estimate of drug-likeness (QED) is 0.639. The summed E-state index contributed by atoms with van der Waals surface area (Å²) in [5.41, 5.74) is 2.50. The summed E-state index contributed by atoms with van der Waals surface area (Å²) in [5.74, 6) is 0. The van der Waals surface area contributed by atoms with Crippen LogP contribution in [-0.4, -0.2) is 31.7 Å². The van der Waals surface area contributed by atoms with Crippen molar-refractivity contribution in [2.45, 2.75) is 19.9 Å². The van der Waals surface area contributed by atoms with E-state index >= 15 is 0 Å². The molecule has 0 amide bonds. The van der Waals surface area contributed by atoms with Crippen molar-refractivity contribution in [2.75, 3.05) is 26.8 Å². The van der Waals surface area contributed by atoms with Gasteiger partial charge in [0.2, 0.25) is 0 Å². The van der Waals surface area contributed by atoms with Crippen LogP contribution in [0.25, 0.3) is 6.08 Å². The summed E-state index contributed by atoms with van der Waals surface area (Å²) in [7, 11) is 2.12. The standard InChI is InChI=1S/C15H23NO/c1-4-11-17-12-10-16(3)13-15-8-6-14(5-2)7-9-15/h5-9H,2,4,10-13H2,1,3H3. The van der Waals surface area contributed by atoms with Crippen LogP contribution in [0.4, 0.5) is 0 Å². The summed E-state index contributed by atoms with van der Waals surface area (Å²) in [5, 5.41) is 0. The molecule has 0 bridgehead atoms. The van der Waals surface area contributed by atoms with Crippen LogP contribution in [0.5, 0.6) is 0 Å². The first kappa shape index (κ1) is 13.9. The van der Waals surface area contributed by atoms with Crippen LogP contribution >= 0.6 is 0 Å². The third-order valence-corrected chi connectivity index (χ3v) is 2.63. The number of ether oxygens (including phenoxy) is 1. The Labute approximate surface area is 105 Å². The predicted octanol–water partition coefficient (Wildman–Crippen LogP) is 3.19. The highest BCUT2D eigenvalue weighted by Gasteiger charge is 2.00. The summed E-state index contributed by atoms with van der Waals surface area (Å²) in [6.07, 6.45) is 2.96. The van der Waals surface area contributed by atoms with Crippen molar-refractivity contribution in [3.05, 3.63) is 42.0 Å². The van der Waals surface area contributed by atoms with Crippen molar-refractivity contribution < 1.29 is 4.74 Å². The molecule has 0 aliphatic carbocycles. The van der Waals surface area contributed by atoms with E-state index in [9.17, 15) is 0 Å². The molecule has 0 spiro atoms. The summed E-state index contributed by atoms with van der Waals surface area (Å²) in [6.45, 7) is 9.50. The maximum atomic E-state index is 5.47. The van der Waals surface area contributed by atoms with Gasteiger partial charge in [-0.05, 0) is 24.6 Å². The van der Waals surface area contributed by atoms with Crippen molar-refractivity contribution in [3.63, 3.8) is 0 Å². The van der Waals surface area contributed by atoms with Crippen molar-refractivity contribution in [3.8, 4) is 0 Å². The lowest BCUT2D eigenvalue weighted by Crippen LogP contribution is -2.22. The van der Waals surface area contributed by atoms with E-state index in [-0.39, 0.29) is 0 Å². The maximum Gasteiger partial charge on any atom is 0.0593 e. The zero-order chi connectivity index (χ0) is 12.5. The van der Waals surface area contributed by atoms with Crippen LogP contribution in [0.15, 0.2) is 30.8 Å². The summed E-state index contributed by atoms with van der Waals surface area (Å²) < 4.78 is 5.47. The molecule has 1 aromatic rings. The second kappa shape index (κ2) is 8.04. The molecule has 1 rings (SSSR count). The topological polar surface area (TPSA) is 12.5 Å². The Kier molecular flexibility index (Phi) is 6.60. The monoisotopic (exact) mass is 233 g/mol. The van der Waals surface area contributed by atoms with Gasteiger partial charge in [0.15, 0.2) is 0 Å². The van der Waals surface area contributed by atoms with E-state index in [0.29, 0.717) is 0 Å². The molecule has 0 atom stereocenters. The second-order valence-electron chi connectivity index (χ2n) is 4.30. The SMILES string of the molecule is C=Cc1ccc(CN(C)CCOCCC)cc1. The molecule has 2 heteroatoms. The average molecular weight is 233 g/mol. The average Bonchev–Trinajstić information content (AvgIpc) is 2.36. The first-order valence-corrected chi connectivity index (χ1v) is 6.24. The van der Waals surface area contributed by atoms with Crippen LogP contribution in [0.2, 0.25) is 0 Å². The number of nitrogens with zero attached hydrogens (tertiary/aromatic N) is 1. The van der Waals surface area contributed by atoms with E-state index in [2.05, 4.69) is 49.7 Å². The molecule has 0 unspecified atom stereocenters. The highest BCUT2D eigenvalue weighted by molar-refractivity contribution is 5.47. The Bertz CT molecular complexity index is 318. The zero-order valence-electron chi connectivity index (χ0n) is 11.0. The molecule has 1 aromatic carbocycles. The minimum Gasteiger partial charge on any atom is -0.380 e. The van der Waals surface area contributed by atoms with Gasteiger partial charge in [-0.25, -0.2) is 0 Å². The number of rotatable bonds is 8. The zero-order valence-corrected chi connectivity index (χ0v) is 11.0. The predicted molar refractivity (Wildman–Crippen MR) is 74.0 cm³/mol. The van der Waals surface area contributed by atoms with Gasteiger partial charge in [0.25, 0.3) is 0 Å². The molecule has 0 fully saturated rings. The fraction of sp³-hybridized carbons (Fsp3) is 0.467. The van der Waals surface area contributed by atoms with Gasteiger partial charge in [0, 0.05) is 19.7 Å². The molecule has 94 valence electrons. The third-order valence-electron chi connectivity index (χ3n) is 2.63. The van der Waals surface area contributed by atoms with Gasteiger partial charge in [-0.1, -0.05) is 43.8 Å². The number of likely N-dealkylation sites (N-methyl/N-ethyl adjacent to an activating group) is 1. The smallest absolute Gasteiger partial charge is 0.0593 e. The van der Waals surface area contributed by atoms with Crippen molar-refractivity contribution >= 4 is 6.08 Å². The van der Waals surface area contributed by atoms with Crippen molar-refractivity contribution in [1.29, 1.82) is 0 Å². The largest absolute Gasteiger partial charge is 0.380 e. The van der Waals surface area contributed by atoms with Gasteiger partial charge in [0.1, 0.15) is 0 Å². The molecule has 0 saturated carbocycles. The molecular weight excluding hydrogens is 210 g/mol. The molecule has 0 aromatic heterocycles. The van der Waals surface area contributed by atoms with E-state index in [1.807, 2.05) is 6.08 Å². The van der Waals surface area contributed by atoms with E-state index in [0.717, 1.165) is 32.7 Å². The number of hydrogen-bond acceptors (Lipinski definition) is 2. The highest BCUT2D eigenvalue weighted by atomic mass is 16.5. The summed E-state index contributed by atoms with van der Waals surface area (Å²) >= 11 is 0. The van der Waals surface area contributed by atoms with E-state index in [1.165, 1.54) is 11.1 Å². The fourth-order valence-electron chi connectivity index (χ4n) is 1.62. The van der Waals surface area contributed by atoms with E-state index in [1.54, 1.807) is 0 Å². The van der Waals surface area contributed by atoms with Crippen LogP contribution in [0, 0.1) is 0 Å². The van der Waals surface area contributed by atoms with Crippen LogP contribution in [-0.2, 0) is 11.3 Å². The van der Waals surface area contributed by atoms with Crippen LogP contribution in [0.1, 0.15) is 24.5 Å². The van der Waals surface area contributed by atoms with Gasteiger partial charge >= 0.3 is 0 Å². The normalized spacial score (nSPS) is 10.8. The van der Waals surface area contributed by atoms with Gasteiger partial charge in [0.05, 0.1) is 6.61 Å². The molecule has 0 aliphatic heterocycles. The minimum absolute atomic E-state index is 0.815. The minimum atomic E-state index is 0.815.